The standard InChI is InChI=1S/C14H20FNO/c1-5-16-11(4)12-6-7-14(13(15)8-12)17-9-10(2)3/h6-8,11,16H,2,5,9H2,1,3-4H3. The van der Waals surface area contributed by atoms with E-state index in [1.807, 2.05) is 26.8 Å². The highest BCUT2D eigenvalue weighted by Gasteiger charge is 2.09. The van der Waals surface area contributed by atoms with Crippen molar-refractivity contribution in [3.63, 3.8) is 0 Å². The van der Waals surface area contributed by atoms with Gasteiger partial charge < -0.3 is 10.1 Å². The third-order valence-electron chi connectivity index (χ3n) is 2.44. The summed E-state index contributed by atoms with van der Waals surface area (Å²) in [5.74, 6) is -0.0473. The van der Waals surface area contributed by atoms with Crippen LogP contribution in [0.15, 0.2) is 30.4 Å². The smallest absolute Gasteiger partial charge is 0.165 e. The van der Waals surface area contributed by atoms with Crippen LogP contribution in [0.5, 0.6) is 5.75 Å². The molecule has 2 nitrogen and oxygen atoms in total. The van der Waals surface area contributed by atoms with E-state index < -0.39 is 0 Å². The van der Waals surface area contributed by atoms with Gasteiger partial charge in [-0.25, -0.2) is 4.39 Å². The van der Waals surface area contributed by atoms with E-state index >= 15 is 0 Å². The molecule has 0 saturated heterocycles. The summed E-state index contributed by atoms with van der Waals surface area (Å²) in [6.07, 6.45) is 0. The fourth-order valence-electron chi connectivity index (χ4n) is 1.53. The van der Waals surface area contributed by atoms with Crippen LogP contribution in [0, 0.1) is 5.82 Å². The highest BCUT2D eigenvalue weighted by atomic mass is 19.1. The van der Waals surface area contributed by atoms with Gasteiger partial charge in [0.05, 0.1) is 0 Å². The van der Waals surface area contributed by atoms with E-state index in [9.17, 15) is 4.39 Å². The van der Waals surface area contributed by atoms with E-state index in [4.69, 9.17) is 4.74 Å². The van der Waals surface area contributed by atoms with Gasteiger partial charge in [-0.15, -0.1) is 0 Å². The Morgan fingerprint density at radius 1 is 1.53 bits per heavy atom. The number of rotatable bonds is 6. The molecule has 1 atom stereocenters. The molecule has 0 fully saturated rings. The van der Waals surface area contributed by atoms with Crippen LogP contribution >= 0.6 is 0 Å². The average Bonchev–Trinajstić information content (AvgIpc) is 2.27. The first kappa shape index (κ1) is 13.7. The van der Waals surface area contributed by atoms with Crippen molar-refractivity contribution in [1.82, 2.24) is 5.32 Å². The molecule has 0 aliphatic rings. The molecule has 1 rings (SSSR count). The second-order valence-electron chi connectivity index (χ2n) is 4.22. The molecule has 0 amide bonds. The van der Waals surface area contributed by atoms with Crippen LogP contribution in [0.1, 0.15) is 32.4 Å². The van der Waals surface area contributed by atoms with Crippen molar-refractivity contribution in [1.29, 1.82) is 0 Å². The van der Waals surface area contributed by atoms with Crippen LogP contribution in [-0.2, 0) is 0 Å². The SMILES string of the molecule is C=C(C)COc1ccc(C(C)NCC)cc1F. The molecule has 0 aromatic heterocycles. The van der Waals surface area contributed by atoms with Gasteiger partial charge in [0.25, 0.3) is 0 Å². The largest absolute Gasteiger partial charge is 0.486 e. The van der Waals surface area contributed by atoms with Gasteiger partial charge >= 0.3 is 0 Å². The summed E-state index contributed by atoms with van der Waals surface area (Å²) in [7, 11) is 0. The van der Waals surface area contributed by atoms with Crippen molar-refractivity contribution >= 4 is 0 Å². The van der Waals surface area contributed by atoms with Gasteiger partial charge in [-0.05, 0) is 43.7 Å². The molecule has 0 aliphatic heterocycles. The Kier molecular flexibility index (Phi) is 5.16. The molecule has 0 bridgehead atoms. The number of hydrogen-bond donors (Lipinski definition) is 1. The summed E-state index contributed by atoms with van der Waals surface area (Å²) in [6, 6.07) is 5.21. The quantitative estimate of drug-likeness (QED) is 0.765. The van der Waals surface area contributed by atoms with Crippen molar-refractivity contribution in [2.24, 2.45) is 0 Å². The van der Waals surface area contributed by atoms with Gasteiger partial charge in [-0.1, -0.05) is 19.6 Å². The van der Waals surface area contributed by atoms with Gasteiger partial charge in [0.2, 0.25) is 0 Å². The summed E-state index contributed by atoms with van der Waals surface area (Å²) in [5.41, 5.74) is 1.79. The predicted molar refractivity (Wildman–Crippen MR) is 68.8 cm³/mol. The highest BCUT2D eigenvalue weighted by molar-refractivity contribution is 5.31. The topological polar surface area (TPSA) is 21.3 Å². The second-order valence-corrected chi connectivity index (χ2v) is 4.22. The zero-order valence-electron chi connectivity index (χ0n) is 10.7. The maximum absolute atomic E-state index is 13.7. The molecule has 1 aromatic carbocycles. The summed E-state index contributed by atoms with van der Waals surface area (Å²) in [5, 5.41) is 3.24. The lowest BCUT2D eigenvalue weighted by Crippen LogP contribution is -2.17. The minimum atomic E-state index is -0.325. The van der Waals surface area contributed by atoms with Crippen LogP contribution in [0.3, 0.4) is 0 Å². The zero-order valence-corrected chi connectivity index (χ0v) is 10.7. The predicted octanol–water partition coefficient (Wildman–Crippen LogP) is 3.45. The van der Waals surface area contributed by atoms with Crippen molar-refractivity contribution in [2.45, 2.75) is 26.8 Å². The molecule has 1 aromatic rings. The summed E-state index contributed by atoms with van der Waals surface area (Å²) < 4.78 is 19.0. The third-order valence-corrected chi connectivity index (χ3v) is 2.44. The number of ether oxygens (including phenoxy) is 1. The van der Waals surface area contributed by atoms with E-state index in [-0.39, 0.29) is 17.6 Å². The van der Waals surface area contributed by atoms with Gasteiger partial charge in [0, 0.05) is 6.04 Å². The van der Waals surface area contributed by atoms with E-state index in [0.717, 1.165) is 17.7 Å². The molecule has 3 heteroatoms. The minimum Gasteiger partial charge on any atom is -0.486 e. The van der Waals surface area contributed by atoms with Crippen molar-refractivity contribution in [2.75, 3.05) is 13.2 Å². The Bertz CT molecular complexity index is 390. The monoisotopic (exact) mass is 237 g/mol. The minimum absolute atomic E-state index is 0.143. The molecule has 94 valence electrons. The van der Waals surface area contributed by atoms with E-state index in [2.05, 4.69) is 11.9 Å². The molecular weight excluding hydrogens is 217 g/mol. The summed E-state index contributed by atoms with van der Waals surface area (Å²) in [6.45, 7) is 10.8. The third kappa shape index (κ3) is 4.19. The summed E-state index contributed by atoms with van der Waals surface area (Å²) in [4.78, 5) is 0. The van der Waals surface area contributed by atoms with Crippen molar-refractivity contribution in [3.8, 4) is 5.75 Å². The van der Waals surface area contributed by atoms with Crippen LogP contribution in [0.25, 0.3) is 0 Å². The first-order valence-electron chi connectivity index (χ1n) is 5.84. The number of hydrogen-bond acceptors (Lipinski definition) is 2. The maximum Gasteiger partial charge on any atom is 0.165 e. The number of halogens is 1. The molecule has 0 radical (unpaired) electrons. The number of nitrogens with one attached hydrogen (secondary N) is 1. The number of benzene rings is 1. The zero-order chi connectivity index (χ0) is 12.8. The lowest BCUT2D eigenvalue weighted by atomic mass is 10.1. The molecular formula is C14H20FNO. The molecule has 1 N–H and O–H groups in total. The molecule has 0 spiro atoms. The van der Waals surface area contributed by atoms with Crippen molar-refractivity contribution in [3.05, 3.63) is 41.7 Å². The average molecular weight is 237 g/mol. The second kappa shape index (κ2) is 6.40. The lowest BCUT2D eigenvalue weighted by molar-refractivity contribution is 0.332. The first-order valence-corrected chi connectivity index (χ1v) is 5.84. The summed E-state index contributed by atoms with van der Waals surface area (Å²) >= 11 is 0. The normalized spacial score (nSPS) is 12.2. The van der Waals surface area contributed by atoms with E-state index in [0.29, 0.717) is 6.61 Å². The van der Waals surface area contributed by atoms with E-state index in [1.165, 1.54) is 6.07 Å². The molecule has 0 saturated carbocycles. The first-order chi connectivity index (χ1) is 8.04. The Labute approximate surface area is 102 Å². The molecule has 1 unspecified atom stereocenters. The van der Waals surface area contributed by atoms with Crippen LogP contribution < -0.4 is 10.1 Å². The Hall–Kier alpha value is -1.35. The van der Waals surface area contributed by atoms with Gasteiger partial charge in [-0.2, -0.15) is 0 Å². The fraction of sp³-hybridized carbons (Fsp3) is 0.429. The highest BCUT2D eigenvalue weighted by Crippen LogP contribution is 2.22. The Morgan fingerprint density at radius 3 is 2.76 bits per heavy atom. The maximum atomic E-state index is 13.7. The lowest BCUT2D eigenvalue weighted by Gasteiger charge is -2.14. The van der Waals surface area contributed by atoms with Crippen LogP contribution in [-0.4, -0.2) is 13.2 Å². The Balaban J connectivity index is 2.75. The van der Waals surface area contributed by atoms with Crippen molar-refractivity contribution < 1.29 is 9.13 Å². The fourth-order valence-corrected chi connectivity index (χ4v) is 1.53. The van der Waals surface area contributed by atoms with Gasteiger partial charge in [0.15, 0.2) is 11.6 Å². The Morgan fingerprint density at radius 2 is 2.24 bits per heavy atom. The van der Waals surface area contributed by atoms with Crippen LogP contribution in [0.4, 0.5) is 4.39 Å². The van der Waals surface area contributed by atoms with Gasteiger partial charge in [-0.3, -0.25) is 0 Å². The van der Waals surface area contributed by atoms with Gasteiger partial charge in [0.1, 0.15) is 6.61 Å². The van der Waals surface area contributed by atoms with Crippen LogP contribution in [0.2, 0.25) is 0 Å². The molecule has 0 aliphatic carbocycles. The molecule has 0 heterocycles. The molecule has 17 heavy (non-hydrogen) atoms. The van der Waals surface area contributed by atoms with E-state index in [1.54, 1.807) is 6.07 Å².